The van der Waals surface area contributed by atoms with Crippen molar-refractivity contribution in [2.75, 3.05) is 0 Å². The molecule has 18 heavy (non-hydrogen) atoms. The van der Waals surface area contributed by atoms with Gasteiger partial charge in [-0.05, 0) is 29.8 Å². The highest BCUT2D eigenvalue weighted by Crippen LogP contribution is 2.23. The molecule has 0 radical (unpaired) electrons. The topological polar surface area (TPSA) is 35.2 Å². The molecule has 0 aliphatic carbocycles. The Labute approximate surface area is 120 Å². The van der Waals surface area contributed by atoms with Crippen LogP contribution in [0.25, 0.3) is 0 Å². The summed E-state index contributed by atoms with van der Waals surface area (Å²) in [6.45, 7) is 0.955. The van der Waals surface area contributed by atoms with Crippen molar-refractivity contribution in [3.8, 4) is 5.75 Å². The zero-order valence-electron chi connectivity index (χ0n) is 9.70. The zero-order valence-corrected chi connectivity index (χ0v) is 12.0. The minimum absolute atomic E-state index is 0.445. The molecule has 0 saturated heterocycles. The molecule has 0 unspecified atom stereocenters. The summed E-state index contributed by atoms with van der Waals surface area (Å²) in [5, 5.41) is 0.694. The average molecular weight is 327 g/mol. The molecule has 0 aliphatic rings. The molecule has 0 saturated carbocycles. The Morgan fingerprint density at radius 2 is 2.00 bits per heavy atom. The molecule has 0 aliphatic heterocycles. The van der Waals surface area contributed by atoms with E-state index in [2.05, 4.69) is 15.9 Å². The highest BCUT2D eigenvalue weighted by molar-refractivity contribution is 9.10. The van der Waals surface area contributed by atoms with Gasteiger partial charge in [0.2, 0.25) is 0 Å². The SMILES string of the molecule is NCc1cccc(OCc2ccc(Br)cc2Cl)c1. The van der Waals surface area contributed by atoms with E-state index in [-0.39, 0.29) is 0 Å². The zero-order chi connectivity index (χ0) is 13.0. The third-order valence-corrected chi connectivity index (χ3v) is 3.39. The van der Waals surface area contributed by atoms with Crippen molar-refractivity contribution in [2.24, 2.45) is 5.73 Å². The Balaban J connectivity index is 2.06. The van der Waals surface area contributed by atoms with Crippen molar-refractivity contribution < 1.29 is 4.74 Å². The molecule has 2 N–H and O–H groups in total. The molecule has 4 heteroatoms. The van der Waals surface area contributed by atoms with Crippen LogP contribution in [0.5, 0.6) is 5.75 Å². The van der Waals surface area contributed by atoms with Gasteiger partial charge in [0.05, 0.1) is 0 Å². The fourth-order valence-corrected chi connectivity index (χ4v) is 2.29. The van der Waals surface area contributed by atoms with E-state index < -0.39 is 0 Å². The lowest BCUT2D eigenvalue weighted by molar-refractivity contribution is 0.306. The maximum Gasteiger partial charge on any atom is 0.120 e. The van der Waals surface area contributed by atoms with Crippen molar-refractivity contribution in [3.05, 3.63) is 63.1 Å². The first-order valence-corrected chi connectivity index (χ1v) is 6.72. The fourth-order valence-electron chi connectivity index (χ4n) is 1.56. The van der Waals surface area contributed by atoms with Crippen LogP contribution in [0.2, 0.25) is 5.02 Å². The Kier molecular flexibility index (Phi) is 4.64. The summed E-state index contributed by atoms with van der Waals surface area (Å²) in [5.41, 5.74) is 7.59. The molecule has 0 heterocycles. The molecule has 0 bridgehead atoms. The second-order valence-corrected chi connectivity index (χ2v) is 5.20. The maximum atomic E-state index is 6.12. The van der Waals surface area contributed by atoms with Crippen LogP contribution in [-0.4, -0.2) is 0 Å². The minimum Gasteiger partial charge on any atom is -0.489 e. The van der Waals surface area contributed by atoms with Gasteiger partial charge in [0.25, 0.3) is 0 Å². The number of benzene rings is 2. The number of rotatable bonds is 4. The predicted octanol–water partition coefficient (Wildman–Crippen LogP) is 4.14. The lowest BCUT2D eigenvalue weighted by Gasteiger charge is -2.09. The molecule has 94 valence electrons. The summed E-state index contributed by atoms with van der Waals surface area (Å²) in [6, 6.07) is 13.5. The van der Waals surface area contributed by atoms with Crippen LogP contribution in [0, 0.1) is 0 Å². The molecule has 2 rings (SSSR count). The van der Waals surface area contributed by atoms with E-state index in [1.807, 2.05) is 42.5 Å². The molecule has 0 aromatic heterocycles. The van der Waals surface area contributed by atoms with Crippen LogP contribution in [0.3, 0.4) is 0 Å². The number of hydrogen-bond acceptors (Lipinski definition) is 2. The smallest absolute Gasteiger partial charge is 0.120 e. The predicted molar refractivity (Wildman–Crippen MR) is 77.8 cm³/mol. The second-order valence-electron chi connectivity index (χ2n) is 3.88. The molecule has 2 nitrogen and oxygen atoms in total. The number of halogens is 2. The molecule has 0 amide bonds. The average Bonchev–Trinajstić information content (AvgIpc) is 2.38. The lowest BCUT2D eigenvalue weighted by Crippen LogP contribution is -1.99. The highest BCUT2D eigenvalue weighted by Gasteiger charge is 2.02. The van der Waals surface area contributed by atoms with Gasteiger partial charge in [0, 0.05) is 21.6 Å². The van der Waals surface area contributed by atoms with E-state index in [1.54, 1.807) is 0 Å². The lowest BCUT2D eigenvalue weighted by atomic mass is 10.2. The first-order valence-electron chi connectivity index (χ1n) is 5.55. The van der Waals surface area contributed by atoms with Gasteiger partial charge in [-0.3, -0.25) is 0 Å². The molecule has 0 spiro atoms. The van der Waals surface area contributed by atoms with E-state index in [9.17, 15) is 0 Å². The summed E-state index contributed by atoms with van der Waals surface area (Å²) < 4.78 is 6.66. The van der Waals surface area contributed by atoms with Crippen LogP contribution >= 0.6 is 27.5 Å². The molecular formula is C14H13BrClNO. The van der Waals surface area contributed by atoms with E-state index in [4.69, 9.17) is 22.1 Å². The highest BCUT2D eigenvalue weighted by atomic mass is 79.9. The van der Waals surface area contributed by atoms with Crippen molar-refractivity contribution in [2.45, 2.75) is 13.2 Å². The summed E-state index contributed by atoms with van der Waals surface area (Å²) in [7, 11) is 0. The standard InChI is InChI=1S/C14H13BrClNO/c15-12-5-4-11(14(16)7-12)9-18-13-3-1-2-10(6-13)8-17/h1-7H,8-9,17H2. The summed E-state index contributed by atoms with van der Waals surface area (Å²) in [6.07, 6.45) is 0. The van der Waals surface area contributed by atoms with Gasteiger partial charge in [-0.25, -0.2) is 0 Å². The van der Waals surface area contributed by atoms with Crippen molar-refractivity contribution in [1.29, 1.82) is 0 Å². The van der Waals surface area contributed by atoms with Crippen LogP contribution in [-0.2, 0) is 13.2 Å². The first-order chi connectivity index (χ1) is 8.69. The second kappa shape index (κ2) is 6.23. The van der Waals surface area contributed by atoms with Gasteiger partial charge < -0.3 is 10.5 Å². The Hall–Kier alpha value is -1.03. The summed E-state index contributed by atoms with van der Waals surface area (Å²) in [4.78, 5) is 0. The first kappa shape index (κ1) is 13.4. The van der Waals surface area contributed by atoms with Crippen LogP contribution < -0.4 is 10.5 Å². The van der Waals surface area contributed by atoms with Crippen molar-refractivity contribution in [1.82, 2.24) is 0 Å². The third-order valence-electron chi connectivity index (χ3n) is 2.54. The van der Waals surface area contributed by atoms with Gasteiger partial charge in [0.15, 0.2) is 0 Å². The van der Waals surface area contributed by atoms with Crippen LogP contribution in [0.1, 0.15) is 11.1 Å². The quantitative estimate of drug-likeness (QED) is 0.916. The van der Waals surface area contributed by atoms with E-state index in [0.29, 0.717) is 18.2 Å². The van der Waals surface area contributed by atoms with Gasteiger partial charge in [-0.2, -0.15) is 0 Å². The molecule has 2 aromatic rings. The molecule has 2 aromatic carbocycles. The van der Waals surface area contributed by atoms with E-state index in [0.717, 1.165) is 21.3 Å². The van der Waals surface area contributed by atoms with Crippen LogP contribution in [0.4, 0.5) is 0 Å². The number of nitrogens with two attached hydrogens (primary N) is 1. The van der Waals surface area contributed by atoms with Gasteiger partial charge >= 0.3 is 0 Å². The third kappa shape index (κ3) is 3.48. The number of hydrogen-bond donors (Lipinski definition) is 1. The summed E-state index contributed by atoms with van der Waals surface area (Å²) in [5.74, 6) is 0.803. The van der Waals surface area contributed by atoms with Crippen LogP contribution in [0.15, 0.2) is 46.9 Å². The monoisotopic (exact) mass is 325 g/mol. The normalized spacial score (nSPS) is 10.4. The van der Waals surface area contributed by atoms with Crippen molar-refractivity contribution in [3.63, 3.8) is 0 Å². The van der Waals surface area contributed by atoms with E-state index >= 15 is 0 Å². The van der Waals surface area contributed by atoms with Crippen molar-refractivity contribution >= 4 is 27.5 Å². The maximum absolute atomic E-state index is 6.12. The van der Waals surface area contributed by atoms with Gasteiger partial charge in [0.1, 0.15) is 12.4 Å². The minimum atomic E-state index is 0.445. The van der Waals surface area contributed by atoms with Gasteiger partial charge in [-0.15, -0.1) is 0 Å². The molecular weight excluding hydrogens is 314 g/mol. The number of ether oxygens (including phenoxy) is 1. The van der Waals surface area contributed by atoms with E-state index in [1.165, 1.54) is 0 Å². The van der Waals surface area contributed by atoms with Gasteiger partial charge in [-0.1, -0.05) is 45.7 Å². The molecule has 0 fully saturated rings. The Morgan fingerprint density at radius 3 is 2.72 bits per heavy atom. The largest absolute Gasteiger partial charge is 0.489 e. The molecule has 0 atom stereocenters. The summed E-state index contributed by atoms with van der Waals surface area (Å²) >= 11 is 9.50. The fraction of sp³-hybridized carbons (Fsp3) is 0.143. The Morgan fingerprint density at radius 1 is 1.17 bits per heavy atom. The Bertz CT molecular complexity index is 545.